The van der Waals surface area contributed by atoms with Gasteiger partial charge in [-0.15, -0.1) is 0 Å². The Morgan fingerprint density at radius 3 is 2.18 bits per heavy atom. The SMILES string of the molecule is CC(C)(C)[C@@](C)(O)[C@H]1CCCCC12OCCO2. The second-order valence-electron chi connectivity index (χ2n) is 6.70. The average molecular weight is 242 g/mol. The molecule has 2 fully saturated rings. The Bertz CT molecular complexity index is 270. The van der Waals surface area contributed by atoms with Crippen LogP contribution in [-0.4, -0.2) is 29.7 Å². The predicted molar refractivity (Wildman–Crippen MR) is 66.7 cm³/mol. The molecule has 0 aromatic carbocycles. The van der Waals surface area contributed by atoms with Crippen molar-refractivity contribution in [2.45, 2.75) is 64.8 Å². The largest absolute Gasteiger partial charge is 0.389 e. The molecular formula is C14H26O3. The zero-order valence-corrected chi connectivity index (χ0v) is 11.6. The molecular weight excluding hydrogens is 216 g/mol. The van der Waals surface area contributed by atoms with E-state index in [1.807, 2.05) is 6.92 Å². The van der Waals surface area contributed by atoms with Gasteiger partial charge in [-0.25, -0.2) is 0 Å². The number of aliphatic hydroxyl groups is 1. The summed E-state index contributed by atoms with van der Waals surface area (Å²) in [4.78, 5) is 0. The van der Waals surface area contributed by atoms with Crippen LogP contribution in [-0.2, 0) is 9.47 Å². The maximum atomic E-state index is 10.9. The van der Waals surface area contributed by atoms with Gasteiger partial charge in [0.05, 0.1) is 18.8 Å². The fourth-order valence-electron chi connectivity index (χ4n) is 3.16. The molecule has 0 unspecified atom stereocenters. The first-order chi connectivity index (χ1) is 7.80. The van der Waals surface area contributed by atoms with E-state index in [0.29, 0.717) is 13.2 Å². The van der Waals surface area contributed by atoms with Crippen molar-refractivity contribution in [1.29, 1.82) is 0 Å². The topological polar surface area (TPSA) is 38.7 Å². The van der Waals surface area contributed by atoms with Crippen LogP contribution >= 0.6 is 0 Å². The molecule has 0 bridgehead atoms. The summed E-state index contributed by atoms with van der Waals surface area (Å²) in [6, 6.07) is 0. The summed E-state index contributed by atoms with van der Waals surface area (Å²) < 4.78 is 11.8. The van der Waals surface area contributed by atoms with Crippen molar-refractivity contribution in [1.82, 2.24) is 0 Å². The van der Waals surface area contributed by atoms with Gasteiger partial charge in [-0.1, -0.05) is 27.2 Å². The molecule has 0 radical (unpaired) electrons. The van der Waals surface area contributed by atoms with Gasteiger partial charge in [0, 0.05) is 12.3 Å². The van der Waals surface area contributed by atoms with Crippen molar-refractivity contribution >= 4 is 0 Å². The van der Waals surface area contributed by atoms with E-state index >= 15 is 0 Å². The highest BCUT2D eigenvalue weighted by Crippen LogP contribution is 2.50. The van der Waals surface area contributed by atoms with Crippen molar-refractivity contribution < 1.29 is 14.6 Å². The molecule has 0 amide bonds. The third-order valence-corrected chi connectivity index (χ3v) is 4.77. The molecule has 1 saturated heterocycles. The fourth-order valence-corrected chi connectivity index (χ4v) is 3.16. The number of hydrogen-bond donors (Lipinski definition) is 1. The van der Waals surface area contributed by atoms with Crippen LogP contribution in [0.3, 0.4) is 0 Å². The summed E-state index contributed by atoms with van der Waals surface area (Å²) in [5.74, 6) is -0.444. The molecule has 2 aliphatic rings. The van der Waals surface area contributed by atoms with Crippen molar-refractivity contribution in [2.75, 3.05) is 13.2 Å². The minimum atomic E-state index is -0.766. The maximum absolute atomic E-state index is 10.9. The van der Waals surface area contributed by atoms with E-state index in [-0.39, 0.29) is 11.3 Å². The van der Waals surface area contributed by atoms with Gasteiger partial charge in [-0.3, -0.25) is 0 Å². The van der Waals surface area contributed by atoms with Crippen LogP contribution in [0.4, 0.5) is 0 Å². The third kappa shape index (κ3) is 2.13. The molecule has 1 N–H and O–H groups in total. The lowest BCUT2D eigenvalue weighted by atomic mass is 9.63. The van der Waals surface area contributed by atoms with Crippen molar-refractivity contribution in [3.63, 3.8) is 0 Å². The van der Waals surface area contributed by atoms with Crippen LogP contribution in [0.25, 0.3) is 0 Å². The summed E-state index contributed by atoms with van der Waals surface area (Å²) in [6.45, 7) is 9.53. The molecule has 3 nitrogen and oxygen atoms in total. The second-order valence-corrected chi connectivity index (χ2v) is 6.70. The van der Waals surface area contributed by atoms with Gasteiger partial charge in [0.15, 0.2) is 5.79 Å². The van der Waals surface area contributed by atoms with Gasteiger partial charge in [-0.05, 0) is 25.2 Å². The second kappa shape index (κ2) is 4.22. The molecule has 1 aliphatic carbocycles. The summed E-state index contributed by atoms with van der Waals surface area (Å²) >= 11 is 0. The Labute approximate surface area is 104 Å². The Kier molecular flexibility index (Phi) is 3.30. The first-order valence-electron chi connectivity index (χ1n) is 6.80. The first kappa shape index (κ1) is 13.3. The van der Waals surface area contributed by atoms with E-state index in [1.54, 1.807) is 0 Å². The van der Waals surface area contributed by atoms with E-state index < -0.39 is 11.4 Å². The highest BCUT2D eigenvalue weighted by Gasteiger charge is 2.56. The highest BCUT2D eigenvalue weighted by atomic mass is 16.7. The van der Waals surface area contributed by atoms with Crippen molar-refractivity contribution in [3.8, 4) is 0 Å². The average Bonchev–Trinajstić information content (AvgIpc) is 2.65. The lowest BCUT2D eigenvalue weighted by Gasteiger charge is -2.51. The van der Waals surface area contributed by atoms with Crippen molar-refractivity contribution in [2.24, 2.45) is 11.3 Å². The van der Waals surface area contributed by atoms with E-state index in [0.717, 1.165) is 25.7 Å². The molecule has 1 saturated carbocycles. The Hall–Kier alpha value is -0.120. The van der Waals surface area contributed by atoms with Gasteiger partial charge in [0.1, 0.15) is 0 Å². The molecule has 2 atom stereocenters. The smallest absolute Gasteiger partial charge is 0.174 e. The fraction of sp³-hybridized carbons (Fsp3) is 1.00. The molecule has 17 heavy (non-hydrogen) atoms. The Balaban J connectivity index is 2.28. The molecule has 3 heteroatoms. The van der Waals surface area contributed by atoms with Gasteiger partial charge in [-0.2, -0.15) is 0 Å². The molecule has 0 aromatic heterocycles. The normalized spacial score (nSPS) is 32.6. The van der Waals surface area contributed by atoms with E-state index in [4.69, 9.17) is 9.47 Å². The lowest BCUT2D eigenvalue weighted by molar-refractivity contribution is -0.268. The zero-order chi connectivity index (χ0) is 12.7. The Morgan fingerprint density at radius 2 is 1.65 bits per heavy atom. The summed E-state index contributed by atoms with van der Waals surface area (Å²) in [6.07, 6.45) is 4.20. The van der Waals surface area contributed by atoms with Gasteiger partial charge in [0.25, 0.3) is 0 Å². The van der Waals surface area contributed by atoms with E-state index in [1.165, 1.54) is 0 Å². The van der Waals surface area contributed by atoms with Crippen LogP contribution in [0, 0.1) is 11.3 Å². The standard InChI is InChI=1S/C14H26O3/c1-12(2,3)13(4,15)11-7-5-6-8-14(11)16-9-10-17-14/h11,15H,5-10H2,1-4H3/t11-,13+/m1/s1. The van der Waals surface area contributed by atoms with Crippen LogP contribution < -0.4 is 0 Å². The highest BCUT2D eigenvalue weighted by molar-refractivity contribution is 5.01. The van der Waals surface area contributed by atoms with E-state index in [9.17, 15) is 5.11 Å². The quantitative estimate of drug-likeness (QED) is 0.768. The monoisotopic (exact) mass is 242 g/mol. The van der Waals surface area contributed by atoms with Gasteiger partial charge in [0.2, 0.25) is 0 Å². The van der Waals surface area contributed by atoms with Gasteiger partial charge < -0.3 is 14.6 Å². The number of hydrogen-bond acceptors (Lipinski definition) is 3. The van der Waals surface area contributed by atoms with Crippen LogP contribution in [0.15, 0.2) is 0 Å². The first-order valence-corrected chi connectivity index (χ1v) is 6.80. The minimum Gasteiger partial charge on any atom is -0.389 e. The predicted octanol–water partition coefficient (Wildman–Crippen LogP) is 2.72. The van der Waals surface area contributed by atoms with Crippen molar-refractivity contribution in [3.05, 3.63) is 0 Å². The summed E-state index contributed by atoms with van der Waals surface area (Å²) in [5.41, 5.74) is -0.935. The molecule has 1 spiro atoms. The third-order valence-electron chi connectivity index (χ3n) is 4.77. The number of rotatable bonds is 1. The van der Waals surface area contributed by atoms with E-state index in [2.05, 4.69) is 20.8 Å². The van der Waals surface area contributed by atoms with Crippen LogP contribution in [0.5, 0.6) is 0 Å². The Morgan fingerprint density at radius 1 is 1.06 bits per heavy atom. The zero-order valence-electron chi connectivity index (χ0n) is 11.6. The maximum Gasteiger partial charge on any atom is 0.174 e. The van der Waals surface area contributed by atoms with Gasteiger partial charge >= 0.3 is 0 Å². The lowest BCUT2D eigenvalue weighted by Crippen LogP contribution is -2.58. The molecule has 1 aliphatic heterocycles. The number of ether oxygens (including phenoxy) is 2. The van der Waals surface area contributed by atoms with Crippen LogP contribution in [0.2, 0.25) is 0 Å². The molecule has 2 rings (SSSR count). The molecule has 0 aromatic rings. The minimum absolute atomic E-state index is 0.0752. The summed E-state index contributed by atoms with van der Waals surface area (Å²) in [5, 5.41) is 10.9. The molecule has 1 heterocycles. The molecule has 100 valence electrons. The summed E-state index contributed by atoms with van der Waals surface area (Å²) in [7, 11) is 0. The van der Waals surface area contributed by atoms with Crippen LogP contribution in [0.1, 0.15) is 53.4 Å².